The zero-order valence-electron chi connectivity index (χ0n) is 23.8. The third-order valence-corrected chi connectivity index (χ3v) is 5.74. The average molecular weight is 529 g/mol. The Bertz CT molecular complexity index is 620. The van der Waals surface area contributed by atoms with E-state index >= 15 is 0 Å². The molecule has 0 aliphatic heterocycles. The van der Waals surface area contributed by atoms with Crippen molar-refractivity contribution >= 4 is 24.4 Å². The highest BCUT2D eigenvalue weighted by molar-refractivity contribution is 5.76. The van der Waals surface area contributed by atoms with Gasteiger partial charge in [-0.15, -0.1) is 0 Å². The normalized spacial score (nSPS) is 11.0. The molecule has 37 heavy (non-hydrogen) atoms. The van der Waals surface area contributed by atoms with Crippen LogP contribution in [-0.4, -0.2) is 67.8 Å². The van der Waals surface area contributed by atoms with Gasteiger partial charge in [0.25, 0.3) is 6.47 Å². The van der Waals surface area contributed by atoms with Gasteiger partial charge in [0.05, 0.1) is 13.1 Å². The number of hydrogen-bond donors (Lipinski definition) is 1. The quantitative estimate of drug-likeness (QED) is 0.0802. The molecular weight excluding hydrogens is 476 g/mol. The van der Waals surface area contributed by atoms with Crippen molar-refractivity contribution < 1.29 is 33.4 Å². The van der Waals surface area contributed by atoms with Crippen LogP contribution in [0.4, 0.5) is 4.79 Å². The van der Waals surface area contributed by atoms with E-state index in [0.717, 1.165) is 19.3 Å². The summed E-state index contributed by atoms with van der Waals surface area (Å²) in [5, 5.41) is 2.62. The Morgan fingerprint density at radius 3 is 1.92 bits per heavy atom. The molecule has 2 amide bonds. The summed E-state index contributed by atoms with van der Waals surface area (Å²) in [6.07, 6.45) is 13.9. The number of carbonyl (C=O) groups excluding carboxylic acids is 4. The first kappa shape index (κ1) is 34.7. The fourth-order valence-corrected chi connectivity index (χ4v) is 3.75. The van der Waals surface area contributed by atoms with Crippen LogP contribution in [0.15, 0.2) is 0 Å². The van der Waals surface area contributed by atoms with Crippen molar-refractivity contribution in [1.82, 2.24) is 10.2 Å². The average Bonchev–Trinajstić information content (AvgIpc) is 2.83. The number of alkyl carbamates (subject to hydrolysis) is 1. The van der Waals surface area contributed by atoms with Crippen molar-refractivity contribution in [2.24, 2.45) is 0 Å². The lowest BCUT2D eigenvalue weighted by atomic mass is 10.1. The highest BCUT2D eigenvalue weighted by Crippen LogP contribution is 2.12. The smallest absolute Gasteiger partial charge is 0.407 e. The lowest BCUT2D eigenvalue weighted by molar-refractivity contribution is -0.146. The summed E-state index contributed by atoms with van der Waals surface area (Å²) >= 11 is 0. The molecule has 0 bridgehead atoms. The number of unbranched alkanes of at least 4 members (excludes halogenated alkanes) is 10. The maximum Gasteiger partial charge on any atom is 0.407 e. The van der Waals surface area contributed by atoms with Crippen LogP contribution in [-0.2, 0) is 28.6 Å². The number of ether oxygens (including phenoxy) is 3. The monoisotopic (exact) mass is 528 g/mol. The molecule has 0 radical (unpaired) electrons. The molecule has 0 heterocycles. The van der Waals surface area contributed by atoms with Crippen molar-refractivity contribution in [1.29, 1.82) is 0 Å². The number of hydrogen-bond acceptors (Lipinski definition) is 7. The first-order valence-corrected chi connectivity index (χ1v) is 14.1. The van der Waals surface area contributed by atoms with Gasteiger partial charge in [-0.2, -0.15) is 0 Å². The number of amides is 2. The molecule has 0 saturated heterocycles. The molecule has 9 nitrogen and oxygen atoms in total. The van der Waals surface area contributed by atoms with Crippen molar-refractivity contribution in [3.8, 4) is 0 Å². The van der Waals surface area contributed by atoms with Gasteiger partial charge in [0.1, 0.15) is 18.8 Å². The number of carbonyl (C=O) groups is 4. The molecule has 0 aromatic heterocycles. The predicted molar refractivity (Wildman–Crippen MR) is 144 cm³/mol. The molecule has 0 aliphatic rings. The minimum atomic E-state index is -0.583. The Morgan fingerprint density at radius 2 is 1.35 bits per heavy atom. The number of rotatable bonds is 23. The largest absolute Gasteiger partial charge is 0.466 e. The SMILES string of the molecule is CCCCCCCCCCCCCC(=O)OCCN(CCOC=O)C(=O)CCCNC(=O)OC(C)(C)C. The summed E-state index contributed by atoms with van der Waals surface area (Å²) in [5.41, 5.74) is -0.583. The number of esters is 1. The Morgan fingerprint density at radius 1 is 0.784 bits per heavy atom. The minimum Gasteiger partial charge on any atom is -0.466 e. The summed E-state index contributed by atoms with van der Waals surface area (Å²) in [6, 6.07) is 0. The summed E-state index contributed by atoms with van der Waals surface area (Å²) in [6.45, 7) is 8.81. The predicted octanol–water partition coefficient (Wildman–Crippen LogP) is 5.54. The van der Waals surface area contributed by atoms with Crippen molar-refractivity contribution in [2.75, 3.05) is 32.8 Å². The van der Waals surface area contributed by atoms with Crippen LogP contribution in [0.2, 0.25) is 0 Å². The van der Waals surface area contributed by atoms with Crippen LogP contribution in [0, 0.1) is 0 Å². The molecule has 216 valence electrons. The first-order valence-electron chi connectivity index (χ1n) is 14.1. The van der Waals surface area contributed by atoms with Crippen LogP contribution in [0.5, 0.6) is 0 Å². The molecule has 0 aromatic rings. The lowest BCUT2D eigenvalue weighted by Crippen LogP contribution is -2.37. The molecule has 0 fully saturated rings. The Labute approximate surface area is 224 Å². The van der Waals surface area contributed by atoms with Crippen LogP contribution in [0.3, 0.4) is 0 Å². The van der Waals surface area contributed by atoms with E-state index in [0.29, 0.717) is 25.9 Å². The fraction of sp³-hybridized carbons (Fsp3) is 0.857. The molecule has 9 heteroatoms. The topological polar surface area (TPSA) is 111 Å². The van der Waals surface area contributed by atoms with Gasteiger partial charge in [0.2, 0.25) is 5.91 Å². The van der Waals surface area contributed by atoms with Crippen molar-refractivity contribution in [3.05, 3.63) is 0 Å². The van der Waals surface area contributed by atoms with E-state index in [1.807, 2.05) is 0 Å². The van der Waals surface area contributed by atoms with E-state index in [-0.39, 0.29) is 44.6 Å². The second kappa shape index (κ2) is 22.8. The second-order valence-corrected chi connectivity index (χ2v) is 10.4. The van der Waals surface area contributed by atoms with E-state index in [1.54, 1.807) is 20.8 Å². The second-order valence-electron chi connectivity index (χ2n) is 10.4. The van der Waals surface area contributed by atoms with E-state index < -0.39 is 11.7 Å². The van der Waals surface area contributed by atoms with Crippen LogP contribution >= 0.6 is 0 Å². The molecule has 0 aromatic carbocycles. The zero-order valence-corrected chi connectivity index (χ0v) is 23.8. The summed E-state index contributed by atoms with van der Waals surface area (Å²) in [5.74, 6) is -0.420. The van der Waals surface area contributed by atoms with E-state index in [1.165, 1.54) is 56.3 Å². The van der Waals surface area contributed by atoms with Crippen LogP contribution in [0.1, 0.15) is 118 Å². The highest BCUT2D eigenvalue weighted by Gasteiger charge is 2.17. The summed E-state index contributed by atoms with van der Waals surface area (Å²) < 4.78 is 15.2. The molecule has 0 saturated carbocycles. The molecule has 0 unspecified atom stereocenters. The van der Waals surface area contributed by atoms with Gasteiger partial charge in [-0.3, -0.25) is 14.4 Å². The van der Waals surface area contributed by atoms with E-state index in [2.05, 4.69) is 12.2 Å². The minimum absolute atomic E-state index is 0.0675. The lowest BCUT2D eigenvalue weighted by Gasteiger charge is -2.22. The van der Waals surface area contributed by atoms with Gasteiger partial charge >= 0.3 is 12.1 Å². The third kappa shape index (κ3) is 23.8. The zero-order chi connectivity index (χ0) is 27.8. The van der Waals surface area contributed by atoms with Crippen molar-refractivity contribution in [2.45, 2.75) is 123 Å². The summed E-state index contributed by atoms with van der Waals surface area (Å²) in [7, 11) is 0. The summed E-state index contributed by atoms with van der Waals surface area (Å²) in [4.78, 5) is 48.2. The molecule has 0 spiro atoms. The van der Waals surface area contributed by atoms with Gasteiger partial charge < -0.3 is 24.4 Å². The van der Waals surface area contributed by atoms with Gasteiger partial charge in [0.15, 0.2) is 0 Å². The molecule has 0 aliphatic carbocycles. The standard InChI is InChI=1S/C28H52N2O7/c1-5-6-7-8-9-10-11-12-13-14-15-18-26(33)36-23-21-30(20-22-35-24-31)25(32)17-16-19-29-27(34)37-28(2,3)4/h24H,5-23H2,1-4H3,(H,29,34). The van der Waals surface area contributed by atoms with E-state index in [4.69, 9.17) is 14.2 Å². The van der Waals surface area contributed by atoms with Gasteiger partial charge in [-0.05, 0) is 33.6 Å². The molecular formula is C28H52N2O7. The highest BCUT2D eigenvalue weighted by atomic mass is 16.6. The maximum absolute atomic E-state index is 12.6. The number of nitrogens with one attached hydrogen (secondary N) is 1. The van der Waals surface area contributed by atoms with Crippen LogP contribution < -0.4 is 5.32 Å². The van der Waals surface area contributed by atoms with Crippen LogP contribution in [0.25, 0.3) is 0 Å². The molecule has 1 N–H and O–H groups in total. The molecule has 0 rings (SSSR count). The fourth-order valence-electron chi connectivity index (χ4n) is 3.75. The third-order valence-electron chi connectivity index (χ3n) is 5.74. The number of nitrogens with zero attached hydrogens (tertiary/aromatic N) is 1. The van der Waals surface area contributed by atoms with Gasteiger partial charge in [-0.1, -0.05) is 71.1 Å². The van der Waals surface area contributed by atoms with Crippen molar-refractivity contribution in [3.63, 3.8) is 0 Å². The Balaban J connectivity index is 4.03. The Hall–Kier alpha value is -2.32. The molecule has 0 atom stereocenters. The first-order chi connectivity index (χ1) is 17.7. The van der Waals surface area contributed by atoms with Gasteiger partial charge in [-0.25, -0.2) is 4.79 Å². The Kier molecular flexibility index (Phi) is 21.4. The maximum atomic E-state index is 12.6. The van der Waals surface area contributed by atoms with E-state index in [9.17, 15) is 19.2 Å². The van der Waals surface area contributed by atoms with Gasteiger partial charge in [0, 0.05) is 19.4 Å².